The number of benzene rings is 1. The summed E-state index contributed by atoms with van der Waals surface area (Å²) < 4.78 is 5.14. The molecular formula is C16H24Cl2N2O. The Hall–Kier alpha value is -0.320. The lowest BCUT2D eigenvalue weighted by molar-refractivity contribution is 0.157. The second-order valence-corrected chi connectivity index (χ2v) is 6.64. The van der Waals surface area contributed by atoms with E-state index >= 15 is 0 Å². The van der Waals surface area contributed by atoms with Crippen molar-refractivity contribution in [2.45, 2.75) is 13.0 Å². The Bertz CT molecular complexity index is 456. The number of hydrogen-bond donors (Lipinski definition) is 0. The molecule has 0 bridgehead atoms. The summed E-state index contributed by atoms with van der Waals surface area (Å²) >= 11 is 12.3. The summed E-state index contributed by atoms with van der Waals surface area (Å²) in [6, 6.07) is 5.84. The standard InChI is InChI=1S/C16H24Cl2N2O/c1-19(12-14-4-3-5-15(17)16(14)18)10-13-6-7-20(11-13)8-9-21-2/h3-5,13H,6-12H2,1-2H3/t13-/m1/s1. The molecule has 0 spiro atoms. The monoisotopic (exact) mass is 330 g/mol. The van der Waals surface area contributed by atoms with Crippen molar-refractivity contribution in [3.05, 3.63) is 33.8 Å². The average molecular weight is 331 g/mol. The van der Waals surface area contributed by atoms with E-state index in [2.05, 4.69) is 16.8 Å². The van der Waals surface area contributed by atoms with Crippen molar-refractivity contribution >= 4 is 23.2 Å². The Balaban J connectivity index is 1.80. The molecule has 0 saturated carbocycles. The van der Waals surface area contributed by atoms with E-state index in [-0.39, 0.29) is 0 Å². The molecule has 2 rings (SSSR count). The molecule has 1 saturated heterocycles. The van der Waals surface area contributed by atoms with Gasteiger partial charge in [-0.1, -0.05) is 35.3 Å². The fourth-order valence-corrected chi connectivity index (χ4v) is 3.33. The predicted octanol–water partition coefficient (Wildman–Crippen LogP) is 3.39. The summed E-state index contributed by atoms with van der Waals surface area (Å²) in [6.45, 7) is 6.13. The molecule has 1 heterocycles. The molecule has 1 aromatic carbocycles. The lowest BCUT2D eigenvalue weighted by Gasteiger charge is -2.22. The SMILES string of the molecule is COCCN1CC[C@H](CN(C)Cc2cccc(Cl)c2Cl)C1. The van der Waals surface area contributed by atoms with E-state index < -0.39 is 0 Å². The fourth-order valence-electron chi connectivity index (χ4n) is 2.95. The maximum Gasteiger partial charge on any atom is 0.0637 e. The van der Waals surface area contributed by atoms with Crippen molar-refractivity contribution in [2.24, 2.45) is 5.92 Å². The van der Waals surface area contributed by atoms with Crippen LogP contribution in [0.3, 0.4) is 0 Å². The lowest BCUT2D eigenvalue weighted by atomic mass is 10.1. The molecule has 0 aromatic heterocycles. The van der Waals surface area contributed by atoms with Crippen molar-refractivity contribution in [2.75, 3.05) is 46.9 Å². The molecule has 1 aliphatic rings. The van der Waals surface area contributed by atoms with Gasteiger partial charge in [-0.15, -0.1) is 0 Å². The molecule has 1 atom stereocenters. The third kappa shape index (κ3) is 5.11. The van der Waals surface area contributed by atoms with Gasteiger partial charge in [-0.25, -0.2) is 0 Å². The molecule has 0 N–H and O–H groups in total. The molecule has 0 radical (unpaired) electrons. The Morgan fingerprint density at radius 3 is 2.95 bits per heavy atom. The Morgan fingerprint density at radius 1 is 1.38 bits per heavy atom. The molecular weight excluding hydrogens is 307 g/mol. The van der Waals surface area contributed by atoms with Crippen LogP contribution in [0.15, 0.2) is 18.2 Å². The summed E-state index contributed by atoms with van der Waals surface area (Å²) in [6.07, 6.45) is 1.26. The van der Waals surface area contributed by atoms with Crippen LogP contribution in [0.25, 0.3) is 0 Å². The van der Waals surface area contributed by atoms with Crippen molar-refractivity contribution in [1.82, 2.24) is 9.80 Å². The quantitative estimate of drug-likeness (QED) is 0.762. The summed E-state index contributed by atoms with van der Waals surface area (Å²) in [4.78, 5) is 4.82. The summed E-state index contributed by atoms with van der Waals surface area (Å²) in [5.74, 6) is 0.727. The zero-order valence-corrected chi connectivity index (χ0v) is 14.3. The van der Waals surface area contributed by atoms with E-state index in [1.807, 2.05) is 18.2 Å². The highest BCUT2D eigenvalue weighted by Gasteiger charge is 2.23. The maximum absolute atomic E-state index is 6.25. The molecule has 1 aliphatic heterocycles. The zero-order valence-electron chi connectivity index (χ0n) is 12.8. The van der Waals surface area contributed by atoms with Gasteiger partial charge >= 0.3 is 0 Å². The van der Waals surface area contributed by atoms with Gasteiger partial charge in [-0.05, 0) is 37.6 Å². The second-order valence-electron chi connectivity index (χ2n) is 5.86. The Labute approximate surface area is 137 Å². The van der Waals surface area contributed by atoms with Gasteiger partial charge in [0, 0.05) is 33.3 Å². The molecule has 3 nitrogen and oxygen atoms in total. The third-order valence-electron chi connectivity index (χ3n) is 4.02. The number of rotatable bonds is 7. The van der Waals surface area contributed by atoms with E-state index in [0.29, 0.717) is 10.0 Å². The highest BCUT2D eigenvalue weighted by atomic mass is 35.5. The van der Waals surface area contributed by atoms with Crippen molar-refractivity contribution in [1.29, 1.82) is 0 Å². The number of hydrogen-bond acceptors (Lipinski definition) is 3. The third-order valence-corrected chi connectivity index (χ3v) is 4.88. The van der Waals surface area contributed by atoms with Crippen LogP contribution in [0.4, 0.5) is 0 Å². The van der Waals surface area contributed by atoms with Gasteiger partial charge in [0.2, 0.25) is 0 Å². The Kier molecular flexibility index (Phi) is 6.77. The molecule has 0 unspecified atom stereocenters. The normalized spacial score (nSPS) is 19.6. The highest BCUT2D eigenvalue weighted by Crippen LogP contribution is 2.26. The van der Waals surface area contributed by atoms with Gasteiger partial charge in [0.25, 0.3) is 0 Å². The van der Waals surface area contributed by atoms with Crippen molar-refractivity contribution in [3.63, 3.8) is 0 Å². The highest BCUT2D eigenvalue weighted by molar-refractivity contribution is 6.42. The fraction of sp³-hybridized carbons (Fsp3) is 0.625. The zero-order chi connectivity index (χ0) is 15.2. The minimum Gasteiger partial charge on any atom is -0.383 e. The summed E-state index contributed by atoms with van der Waals surface area (Å²) in [7, 11) is 3.91. The van der Waals surface area contributed by atoms with E-state index in [1.165, 1.54) is 13.0 Å². The lowest BCUT2D eigenvalue weighted by Crippen LogP contribution is -2.29. The van der Waals surface area contributed by atoms with Crippen LogP contribution < -0.4 is 0 Å². The van der Waals surface area contributed by atoms with E-state index in [1.54, 1.807) is 7.11 Å². The maximum atomic E-state index is 6.25. The van der Waals surface area contributed by atoms with E-state index in [0.717, 1.165) is 44.3 Å². The van der Waals surface area contributed by atoms with Crippen LogP contribution >= 0.6 is 23.2 Å². The number of methoxy groups -OCH3 is 1. The van der Waals surface area contributed by atoms with Crippen LogP contribution in [0, 0.1) is 5.92 Å². The molecule has 21 heavy (non-hydrogen) atoms. The number of likely N-dealkylation sites (tertiary alicyclic amines) is 1. The minimum absolute atomic E-state index is 0.633. The second kappa shape index (κ2) is 8.35. The topological polar surface area (TPSA) is 15.7 Å². The van der Waals surface area contributed by atoms with Crippen LogP contribution in [0.1, 0.15) is 12.0 Å². The number of halogens is 2. The van der Waals surface area contributed by atoms with Crippen LogP contribution in [-0.2, 0) is 11.3 Å². The average Bonchev–Trinajstić information content (AvgIpc) is 2.89. The first kappa shape index (κ1) is 17.0. The van der Waals surface area contributed by atoms with E-state index in [4.69, 9.17) is 27.9 Å². The van der Waals surface area contributed by atoms with Gasteiger partial charge < -0.3 is 14.5 Å². The molecule has 0 aliphatic carbocycles. The van der Waals surface area contributed by atoms with Crippen molar-refractivity contribution in [3.8, 4) is 0 Å². The Morgan fingerprint density at radius 2 is 2.19 bits per heavy atom. The summed E-state index contributed by atoms with van der Waals surface area (Å²) in [5, 5.41) is 1.31. The largest absolute Gasteiger partial charge is 0.383 e. The minimum atomic E-state index is 0.633. The van der Waals surface area contributed by atoms with Gasteiger partial charge in [0.1, 0.15) is 0 Å². The van der Waals surface area contributed by atoms with Crippen molar-refractivity contribution < 1.29 is 4.74 Å². The van der Waals surface area contributed by atoms with Gasteiger partial charge in [0.05, 0.1) is 16.7 Å². The molecule has 0 amide bonds. The van der Waals surface area contributed by atoms with Gasteiger partial charge in [-0.3, -0.25) is 0 Å². The van der Waals surface area contributed by atoms with Crippen LogP contribution in [-0.4, -0.2) is 56.7 Å². The first-order chi connectivity index (χ1) is 10.1. The number of nitrogens with zero attached hydrogens (tertiary/aromatic N) is 2. The molecule has 1 aromatic rings. The first-order valence-electron chi connectivity index (χ1n) is 7.43. The van der Waals surface area contributed by atoms with Crippen LogP contribution in [0.5, 0.6) is 0 Å². The molecule has 118 valence electrons. The molecule has 5 heteroatoms. The van der Waals surface area contributed by atoms with Gasteiger partial charge in [0.15, 0.2) is 0 Å². The molecule has 1 fully saturated rings. The van der Waals surface area contributed by atoms with Crippen LogP contribution in [0.2, 0.25) is 10.0 Å². The smallest absolute Gasteiger partial charge is 0.0637 e. The van der Waals surface area contributed by atoms with E-state index in [9.17, 15) is 0 Å². The van der Waals surface area contributed by atoms with Gasteiger partial charge in [-0.2, -0.15) is 0 Å². The number of ether oxygens (including phenoxy) is 1. The predicted molar refractivity (Wildman–Crippen MR) is 89.2 cm³/mol. The first-order valence-corrected chi connectivity index (χ1v) is 8.18. The summed E-state index contributed by atoms with van der Waals surface area (Å²) in [5.41, 5.74) is 1.10.